The maximum absolute atomic E-state index is 11.0. The van der Waals surface area contributed by atoms with Gasteiger partial charge in [-0.3, -0.25) is 4.79 Å². The average molecular weight is 246 g/mol. The molecule has 0 aromatic heterocycles. The summed E-state index contributed by atoms with van der Waals surface area (Å²) in [4.78, 5) is 11.0. The highest BCUT2D eigenvalue weighted by atomic mass is 35.5. The van der Waals surface area contributed by atoms with E-state index in [9.17, 15) is 4.79 Å². The Morgan fingerprint density at radius 3 is 2.06 bits per heavy atom. The number of halogens is 1. The van der Waals surface area contributed by atoms with E-state index in [1.807, 2.05) is 0 Å². The molecule has 16 heavy (non-hydrogen) atoms. The maximum Gasteiger partial charge on any atom is 0.262 e. The topological polar surface area (TPSA) is 29.1 Å². The van der Waals surface area contributed by atoms with Gasteiger partial charge >= 0.3 is 0 Å². The molecule has 0 aromatic rings. The zero-order valence-electron chi connectivity index (χ0n) is 10.4. The summed E-state index contributed by atoms with van der Waals surface area (Å²) in [6.07, 6.45) is 10.2. The van der Waals surface area contributed by atoms with E-state index in [-0.39, 0.29) is 10.9 Å². The standard InChI is InChI=1S/C13H24ClNO/c1-3-4-5-6-7-8-9-10-11-15-13(16)12(2)14/h2-11H2,1H3,(H,15,16). The molecule has 0 fully saturated rings. The third-order valence-electron chi connectivity index (χ3n) is 2.56. The Labute approximate surface area is 104 Å². The van der Waals surface area contributed by atoms with Crippen LogP contribution in [0.3, 0.4) is 0 Å². The summed E-state index contributed by atoms with van der Waals surface area (Å²) in [7, 11) is 0. The largest absolute Gasteiger partial charge is 0.351 e. The molecule has 0 aromatic carbocycles. The van der Waals surface area contributed by atoms with Gasteiger partial charge in [-0.25, -0.2) is 0 Å². The molecule has 1 N–H and O–H groups in total. The maximum atomic E-state index is 11.0. The van der Waals surface area contributed by atoms with E-state index >= 15 is 0 Å². The summed E-state index contributed by atoms with van der Waals surface area (Å²) in [5.74, 6) is -0.246. The van der Waals surface area contributed by atoms with Crippen molar-refractivity contribution < 1.29 is 4.79 Å². The molecular weight excluding hydrogens is 222 g/mol. The lowest BCUT2D eigenvalue weighted by Crippen LogP contribution is -2.23. The Kier molecular flexibility index (Phi) is 10.7. The van der Waals surface area contributed by atoms with Crippen LogP contribution in [0.2, 0.25) is 0 Å². The number of carbonyl (C=O) groups excluding carboxylic acids is 1. The molecule has 0 aliphatic carbocycles. The van der Waals surface area contributed by atoms with Gasteiger partial charge < -0.3 is 5.32 Å². The van der Waals surface area contributed by atoms with Crippen LogP contribution in [0.15, 0.2) is 11.6 Å². The molecule has 0 aliphatic rings. The van der Waals surface area contributed by atoms with Crippen molar-refractivity contribution in [1.29, 1.82) is 0 Å². The van der Waals surface area contributed by atoms with E-state index in [0.29, 0.717) is 6.54 Å². The van der Waals surface area contributed by atoms with Crippen LogP contribution < -0.4 is 5.32 Å². The monoisotopic (exact) mass is 245 g/mol. The minimum Gasteiger partial charge on any atom is -0.351 e. The Morgan fingerprint density at radius 1 is 1.06 bits per heavy atom. The van der Waals surface area contributed by atoms with Crippen molar-refractivity contribution in [3.05, 3.63) is 11.6 Å². The van der Waals surface area contributed by atoms with Crippen LogP contribution >= 0.6 is 11.6 Å². The third kappa shape index (κ3) is 10.0. The summed E-state index contributed by atoms with van der Waals surface area (Å²) in [6, 6.07) is 0. The lowest BCUT2D eigenvalue weighted by atomic mass is 10.1. The SMILES string of the molecule is C=C(Cl)C(=O)NCCCCCCCCCC. The van der Waals surface area contributed by atoms with Crippen molar-refractivity contribution in [3.8, 4) is 0 Å². The Morgan fingerprint density at radius 2 is 1.56 bits per heavy atom. The van der Waals surface area contributed by atoms with Gasteiger partial charge in [0.05, 0.1) is 5.03 Å². The highest BCUT2D eigenvalue weighted by molar-refractivity contribution is 6.41. The summed E-state index contributed by atoms with van der Waals surface area (Å²) in [5.41, 5.74) is 0. The van der Waals surface area contributed by atoms with Crippen molar-refractivity contribution >= 4 is 17.5 Å². The predicted molar refractivity (Wildman–Crippen MR) is 70.6 cm³/mol. The molecule has 0 saturated carbocycles. The summed E-state index contributed by atoms with van der Waals surface area (Å²) >= 11 is 5.43. The Balaban J connectivity index is 3.10. The first kappa shape index (κ1) is 15.5. The van der Waals surface area contributed by atoms with Gasteiger partial charge in [0.1, 0.15) is 0 Å². The molecule has 0 unspecified atom stereocenters. The van der Waals surface area contributed by atoms with E-state index in [1.165, 1.54) is 44.9 Å². The number of hydrogen-bond acceptors (Lipinski definition) is 1. The first-order chi connectivity index (χ1) is 7.68. The molecule has 0 saturated heterocycles. The molecule has 2 nitrogen and oxygen atoms in total. The summed E-state index contributed by atoms with van der Waals surface area (Å²) < 4.78 is 0. The van der Waals surface area contributed by atoms with Crippen LogP contribution in [-0.2, 0) is 4.79 Å². The van der Waals surface area contributed by atoms with Crippen molar-refractivity contribution in [1.82, 2.24) is 5.32 Å². The van der Waals surface area contributed by atoms with Gasteiger partial charge in [-0.2, -0.15) is 0 Å². The lowest BCUT2D eigenvalue weighted by Gasteiger charge is -2.03. The van der Waals surface area contributed by atoms with Crippen molar-refractivity contribution in [2.24, 2.45) is 0 Å². The quantitative estimate of drug-likeness (QED) is 0.458. The molecule has 0 spiro atoms. The number of hydrogen-bond donors (Lipinski definition) is 1. The second-order valence-electron chi connectivity index (χ2n) is 4.14. The minimum atomic E-state index is -0.246. The molecule has 3 heteroatoms. The van der Waals surface area contributed by atoms with Gasteiger partial charge in [0, 0.05) is 6.54 Å². The van der Waals surface area contributed by atoms with Gasteiger partial charge in [-0.15, -0.1) is 0 Å². The molecule has 0 rings (SSSR count). The van der Waals surface area contributed by atoms with Gasteiger partial charge in [0.15, 0.2) is 0 Å². The third-order valence-corrected chi connectivity index (χ3v) is 2.73. The number of carbonyl (C=O) groups is 1. The molecule has 0 aliphatic heterocycles. The summed E-state index contributed by atoms with van der Waals surface area (Å²) in [5, 5.41) is 2.79. The molecular formula is C13H24ClNO. The number of rotatable bonds is 10. The Hall–Kier alpha value is -0.500. The molecule has 94 valence electrons. The van der Waals surface area contributed by atoms with Crippen LogP contribution in [0.4, 0.5) is 0 Å². The van der Waals surface area contributed by atoms with Crippen LogP contribution in [0.25, 0.3) is 0 Å². The highest BCUT2D eigenvalue weighted by Crippen LogP contribution is 2.07. The van der Waals surface area contributed by atoms with E-state index in [2.05, 4.69) is 18.8 Å². The average Bonchev–Trinajstić information content (AvgIpc) is 2.26. The van der Waals surface area contributed by atoms with E-state index in [0.717, 1.165) is 6.42 Å². The first-order valence-electron chi connectivity index (χ1n) is 6.31. The van der Waals surface area contributed by atoms with Crippen LogP contribution in [-0.4, -0.2) is 12.5 Å². The molecule has 1 amide bonds. The smallest absolute Gasteiger partial charge is 0.262 e. The Bertz CT molecular complexity index is 204. The molecule has 0 bridgehead atoms. The summed E-state index contributed by atoms with van der Waals surface area (Å²) in [6.45, 7) is 6.30. The number of amides is 1. The van der Waals surface area contributed by atoms with Gasteiger partial charge in [-0.05, 0) is 6.42 Å². The van der Waals surface area contributed by atoms with Crippen LogP contribution in [0.5, 0.6) is 0 Å². The normalized spacial score (nSPS) is 10.1. The zero-order chi connectivity index (χ0) is 12.2. The van der Waals surface area contributed by atoms with Crippen LogP contribution in [0.1, 0.15) is 58.3 Å². The lowest BCUT2D eigenvalue weighted by molar-refractivity contribution is -0.116. The van der Waals surface area contributed by atoms with Crippen LogP contribution in [0, 0.1) is 0 Å². The van der Waals surface area contributed by atoms with Crippen molar-refractivity contribution in [3.63, 3.8) is 0 Å². The fourth-order valence-corrected chi connectivity index (χ4v) is 1.62. The zero-order valence-corrected chi connectivity index (χ0v) is 11.1. The predicted octanol–water partition coefficient (Wildman–Crippen LogP) is 4.00. The highest BCUT2D eigenvalue weighted by Gasteiger charge is 2.01. The van der Waals surface area contributed by atoms with Gasteiger partial charge in [-0.1, -0.05) is 70.0 Å². The second-order valence-corrected chi connectivity index (χ2v) is 4.59. The van der Waals surface area contributed by atoms with Crippen molar-refractivity contribution in [2.75, 3.05) is 6.54 Å². The number of nitrogens with one attached hydrogen (secondary N) is 1. The van der Waals surface area contributed by atoms with E-state index in [1.54, 1.807) is 0 Å². The van der Waals surface area contributed by atoms with E-state index < -0.39 is 0 Å². The molecule has 0 heterocycles. The fraction of sp³-hybridized carbons (Fsp3) is 0.769. The van der Waals surface area contributed by atoms with Gasteiger partial charge in [0.25, 0.3) is 5.91 Å². The molecule has 0 atom stereocenters. The van der Waals surface area contributed by atoms with E-state index in [4.69, 9.17) is 11.6 Å². The van der Waals surface area contributed by atoms with Gasteiger partial charge in [0.2, 0.25) is 0 Å². The second kappa shape index (κ2) is 11.0. The van der Waals surface area contributed by atoms with Crippen molar-refractivity contribution in [2.45, 2.75) is 58.3 Å². The number of unbranched alkanes of at least 4 members (excludes halogenated alkanes) is 7. The first-order valence-corrected chi connectivity index (χ1v) is 6.69. The fourth-order valence-electron chi connectivity index (χ4n) is 1.56. The minimum absolute atomic E-state index is 0.0690. The molecule has 0 radical (unpaired) electrons.